The number of nitrogens with one attached hydrogen (secondary N) is 6. The molecule has 0 aromatic carbocycles. The second-order valence-corrected chi connectivity index (χ2v) is 29.3. The van der Waals surface area contributed by atoms with E-state index in [2.05, 4.69) is 31.9 Å². The molecule has 8 amide bonds. The van der Waals surface area contributed by atoms with E-state index in [1.54, 1.807) is 0 Å². The summed E-state index contributed by atoms with van der Waals surface area (Å²) in [6.45, 7) is -6.55. The van der Waals surface area contributed by atoms with Crippen molar-refractivity contribution in [3.8, 4) is 0 Å². The molecule has 0 aromatic rings. The summed E-state index contributed by atoms with van der Waals surface area (Å²) in [7, 11) is 0. The molecule has 6 fully saturated rings. The third kappa shape index (κ3) is 32.0. The molecule has 118 heavy (non-hydrogen) atoms. The number of carbonyl (C=O) groups excluding carboxylic acids is 10. The highest BCUT2D eigenvalue weighted by Gasteiger charge is 2.53. The van der Waals surface area contributed by atoms with E-state index in [1.807, 2.05) is 0 Å². The van der Waals surface area contributed by atoms with Crippen LogP contribution in [0.4, 0.5) is 0 Å². The van der Waals surface area contributed by atoms with Crippen LogP contribution in [0.2, 0.25) is 0 Å². The number of unbranched alkanes of at least 4 members (excludes halogenated alkanes) is 7. The van der Waals surface area contributed by atoms with E-state index >= 15 is 0 Å². The Morgan fingerprint density at radius 1 is 0.373 bits per heavy atom. The first-order chi connectivity index (χ1) is 56.3. The van der Waals surface area contributed by atoms with Crippen molar-refractivity contribution in [2.45, 2.75) is 282 Å². The van der Waals surface area contributed by atoms with Gasteiger partial charge in [0.05, 0.1) is 72.5 Å². The van der Waals surface area contributed by atoms with Crippen LogP contribution < -0.4 is 31.9 Å². The lowest BCUT2D eigenvalue weighted by molar-refractivity contribution is -0.366. The van der Waals surface area contributed by atoms with Gasteiger partial charge in [0.2, 0.25) is 35.4 Å². The minimum atomic E-state index is -1.97. The van der Waals surface area contributed by atoms with Gasteiger partial charge in [-0.2, -0.15) is 0 Å². The third-order valence-corrected chi connectivity index (χ3v) is 20.1. The van der Waals surface area contributed by atoms with Gasteiger partial charge in [-0.25, -0.2) is 4.79 Å². The average Bonchev–Trinajstić information content (AvgIpc) is 0.933. The SMILES string of the molecule is O=C(CCCCC[C@H](NC(=O)CCCCCNC(=O)CN(CC(=O)NCCO[C@H]1O[C@H](CO)[C@@H](O)[C@H](O)[C@H]1O)CC(=O)NCCO[C@H]1O[C@H](CO)[C@@H](O)[C@H](O)[C@H]1O)C(=O)NCCCCCC(=O)ON1C(=O)CCC1=O)CCCCC(=O)NCCO[C@H]1O[C@H](CO[C@H]2O[C@H](CO)[C@@H](O)[C@H](O)[C@@H]2O)[C@@H](O)[C@H](O[C@H]2O[C@H](CO)[C@@H](O)[C@H](O)[C@@H]2O)[C@@H]1O. The summed E-state index contributed by atoms with van der Waals surface area (Å²) >= 11 is 0. The molecular formula is C71H120N8O39. The van der Waals surface area contributed by atoms with E-state index in [9.17, 15) is 140 Å². The summed E-state index contributed by atoms with van der Waals surface area (Å²) < 4.78 is 54.9. The maximum absolute atomic E-state index is 13.6. The van der Waals surface area contributed by atoms with Gasteiger partial charge in [0.15, 0.2) is 31.5 Å². The molecule has 0 aliphatic carbocycles. The van der Waals surface area contributed by atoms with Crippen molar-refractivity contribution in [1.82, 2.24) is 41.9 Å². The molecule has 0 unspecified atom stereocenters. The Labute approximate surface area is 677 Å². The van der Waals surface area contributed by atoms with Gasteiger partial charge in [-0.15, -0.1) is 5.06 Å². The number of aliphatic hydroxyl groups is 18. The van der Waals surface area contributed by atoms with Crippen LogP contribution in [0, 0.1) is 0 Å². The molecular weight excluding hydrogens is 1590 g/mol. The molecule has 678 valence electrons. The quantitative estimate of drug-likeness (QED) is 0.0199. The van der Waals surface area contributed by atoms with Gasteiger partial charge in [0.25, 0.3) is 11.8 Å². The first kappa shape index (κ1) is 101. The van der Waals surface area contributed by atoms with Gasteiger partial charge < -0.3 is 176 Å². The molecule has 0 saturated carbocycles. The number of hydrogen-bond donors (Lipinski definition) is 24. The molecule has 0 bridgehead atoms. The second kappa shape index (κ2) is 52.4. The maximum atomic E-state index is 13.6. The summed E-state index contributed by atoms with van der Waals surface area (Å²) in [5, 5.41) is 200. The smallest absolute Gasteiger partial charge is 0.333 e. The van der Waals surface area contributed by atoms with Crippen molar-refractivity contribution in [2.75, 3.05) is 105 Å². The zero-order valence-electron chi connectivity index (χ0n) is 65.3. The zero-order chi connectivity index (χ0) is 86.7. The Kier molecular flexibility index (Phi) is 44.8. The Bertz CT molecular complexity index is 3010. The molecule has 24 N–H and O–H groups in total. The minimum Gasteiger partial charge on any atom is -0.394 e. The fourth-order valence-corrected chi connectivity index (χ4v) is 13.2. The van der Waals surface area contributed by atoms with Crippen molar-refractivity contribution >= 4 is 59.0 Å². The number of amides is 8. The normalized spacial score (nSPS) is 32.1. The number of aliphatic hydroxyl groups excluding tert-OH is 18. The standard InChI is InChI=1S/C71H120N8O39/c80-31-38-51(93)56(98)60(102)67(112-38)108-26-23-74-46(88)29-78(30-47(89)75-24-27-109-68-61(103)57(99)52(94)39(32-81)113-68)28-45(87)72-20-10-2-6-16-44(86)77-37(66(107)76-21-11-3-7-17-50(92)118-79-48(90)18-19-49(79)91)14-5-1-4-12-36(84)13-8-9-15-43(85)73-22-25-110-70-64(106)65(117-71-63(105)59(101)54(96)41(34-83)115-71)55(97)42(116-70)35-111-69-62(104)58(100)53(95)40(33-82)114-69/h37-42,51-65,67-71,80-83,93-106H,1-35H2,(H,72,87)(H,73,85)(H,74,88)(H,75,89)(H,76,107)(H,77,86)/t37-,38+,39+,40+,41+,42+,51+,52+,53+,54+,55+,56-,57-,58-,59-,60+,61+,62-,63-,64-,65-,67-,68-,69-,70-,71+/m0/s1. The van der Waals surface area contributed by atoms with E-state index < -0.39 is 265 Å². The highest BCUT2D eigenvalue weighted by Crippen LogP contribution is 2.32. The van der Waals surface area contributed by atoms with Crippen LogP contribution in [0.15, 0.2) is 0 Å². The van der Waals surface area contributed by atoms with Crippen LogP contribution in [0.5, 0.6) is 0 Å². The molecule has 0 spiro atoms. The number of nitrogens with zero attached hydrogens (tertiary/aromatic N) is 2. The number of ketones is 1. The van der Waals surface area contributed by atoms with E-state index in [0.717, 1.165) is 0 Å². The first-order valence-corrected chi connectivity index (χ1v) is 39.6. The number of rotatable bonds is 53. The lowest BCUT2D eigenvalue weighted by Crippen LogP contribution is -2.65. The molecule has 0 radical (unpaired) electrons. The van der Waals surface area contributed by atoms with Crippen molar-refractivity contribution in [3.63, 3.8) is 0 Å². The van der Waals surface area contributed by atoms with Gasteiger partial charge >= 0.3 is 5.97 Å². The minimum absolute atomic E-state index is 0.00768. The molecule has 6 heterocycles. The number of hydrogen-bond acceptors (Lipinski definition) is 40. The van der Waals surface area contributed by atoms with Gasteiger partial charge in [0, 0.05) is 77.7 Å². The Hall–Kier alpha value is -6.06. The van der Waals surface area contributed by atoms with Crippen LogP contribution in [-0.2, 0) is 100 Å². The van der Waals surface area contributed by atoms with E-state index in [0.29, 0.717) is 75.7 Å². The summed E-state index contributed by atoms with van der Waals surface area (Å²) in [6.07, 6.45) is -37.4. The summed E-state index contributed by atoms with van der Waals surface area (Å²) in [5.41, 5.74) is 0. The van der Waals surface area contributed by atoms with Crippen LogP contribution in [0.25, 0.3) is 0 Å². The van der Waals surface area contributed by atoms with Crippen molar-refractivity contribution in [3.05, 3.63) is 0 Å². The summed E-state index contributed by atoms with van der Waals surface area (Å²) in [5.74, 6) is -5.50. The Morgan fingerprint density at radius 3 is 1.21 bits per heavy atom. The second-order valence-electron chi connectivity index (χ2n) is 29.3. The number of imide groups is 1. The molecule has 47 nitrogen and oxygen atoms in total. The summed E-state index contributed by atoms with van der Waals surface area (Å²) in [6, 6.07) is -0.998. The topological polar surface area (TPSA) is 715 Å². The number of ether oxygens (including phenoxy) is 10. The highest BCUT2D eigenvalue weighted by atomic mass is 16.8. The zero-order valence-corrected chi connectivity index (χ0v) is 65.3. The predicted molar refractivity (Wildman–Crippen MR) is 389 cm³/mol. The molecule has 6 aliphatic rings. The monoisotopic (exact) mass is 1710 g/mol. The van der Waals surface area contributed by atoms with Crippen molar-refractivity contribution < 1.29 is 192 Å². The predicted octanol–water partition coefficient (Wildman–Crippen LogP) is -12.7. The van der Waals surface area contributed by atoms with Gasteiger partial charge in [-0.05, 0) is 51.4 Å². The van der Waals surface area contributed by atoms with E-state index in [1.165, 1.54) is 4.90 Å². The van der Waals surface area contributed by atoms with Crippen LogP contribution in [0.3, 0.4) is 0 Å². The lowest BCUT2D eigenvalue weighted by atomic mass is 9.96. The number of carbonyl (C=O) groups is 10. The molecule has 6 rings (SSSR count). The first-order valence-electron chi connectivity index (χ1n) is 39.6. The molecule has 0 aromatic heterocycles. The Balaban J connectivity index is 0.917. The van der Waals surface area contributed by atoms with Crippen molar-refractivity contribution in [1.29, 1.82) is 0 Å². The molecule has 47 heteroatoms. The van der Waals surface area contributed by atoms with Crippen LogP contribution in [-0.4, -0.2) is 426 Å². The summed E-state index contributed by atoms with van der Waals surface area (Å²) in [4.78, 5) is 134. The van der Waals surface area contributed by atoms with Gasteiger partial charge in [0.1, 0.15) is 134 Å². The number of hydroxylamine groups is 2. The van der Waals surface area contributed by atoms with E-state index in [-0.39, 0.29) is 110 Å². The maximum Gasteiger partial charge on any atom is 0.333 e. The van der Waals surface area contributed by atoms with Crippen LogP contribution >= 0.6 is 0 Å². The highest BCUT2D eigenvalue weighted by molar-refractivity contribution is 6.01. The van der Waals surface area contributed by atoms with Crippen LogP contribution in [0.1, 0.15) is 122 Å². The van der Waals surface area contributed by atoms with E-state index in [4.69, 9.17) is 52.2 Å². The molecule has 6 aliphatic heterocycles. The van der Waals surface area contributed by atoms with Gasteiger partial charge in [-0.3, -0.25) is 48.1 Å². The van der Waals surface area contributed by atoms with Crippen molar-refractivity contribution in [2.24, 2.45) is 0 Å². The average molecular weight is 1710 g/mol. The largest absolute Gasteiger partial charge is 0.394 e. The lowest BCUT2D eigenvalue weighted by Gasteiger charge is -2.46. The molecule has 6 saturated heterocycles. The fraction of sp³-hybridized carbons (Fsp3) is 0.859. The Morgan fingerprint density at radius 2 is 0.737 bits per heavy atom. The fourth-order valence-electron chi connectivity index (χ4n) is 13.2. The number of Topliss-reactive ketones (excluding diaryl/α,β-unsaturated/α-hetero) is 1. The third-order valence-electron chi connectivity index (χ3n) is 20.1. The van der Waals surface area contributed by atoms with Gasteiger partial charge in [-0.1, -0.05) is 25.7 Å². The molecule has 26 atom stereocenters.